The lowest BCUT2D eigenvalue weighted by Crippen LogP contribution is -2.44. The number of nitrogens with one attached hydrogen (secondary N) is 2. The van der Waals surface area contributed by atoms with Gasteiger partial charge in [0.25, 0.3) is 5.56 Å². The number of aromatic nitrogens is 3. The molecule has 2 N–H and O–H groups in total. The minimum Gasteiger partial charge on any atom is -0.383 e. The molecule has 35 heavy (non-hydrogen) atoms. The lowest BCUT2D eigenvalue weighted by Gasteiger charge is -2.34. The first-order chi connectivity index (χ1) is 17.1. The summed E-state index contributed by atoms with van der Waals surface area (Å²) in [6.07, 6.45) is 2.56. The molecule has 0 aliphatic carbocycles. The molecular formula is C27H29N7O. The highest BCUT2D eigenvalue weighted by molar-refractivity contribution is 5.76. The molecule has 8 heteroatoms. The quantitative estimate of drug-likeness (QED) is 0.476. The van der Waals surface area contributed by atoms with Crippen LogP contribution < -0.4 is 21.1 Å². The van der Waals surface area contributed by atoms with Gasteiger partial charge in [0.15, 0.2) is 0 Å². The van der Waals surface area contributed by atoms with Gasteiger partial charge in [-0.3, -0.25) is 9.36 Å². The number of hydrogen-bond acceptors (Lipinski definition) is 7. The molecule has 2 aliphatic heterocycles. The monoisotopic (exact) mass is 467 g/mol. The third-order valence-electron chi connectivity index (χ3n) is 7.03. The lowest BCUT2D eigenvalue weighted by molar-refractivity contribution is 0.313. The standard InChI is InChI=1S/C27H29N7O/c1-32-12-14-33(15-13-32)22-9-7-21(8-10-22)30-27-29-17-20-6-11-25(35)34(26(20)31-27)23-16-19-4-2-3-5-24(19)28-18-23/h2-11,17,23,28H,12-16,18H2,1H3,(H,29,30,31). The molecule has 4 aromatic rings. The molecule has 178 valence electrons. The van der Waals surface area contributed by atoms with Crippen LogP contribution in [-0.2, 0) is 6.42 Å². The van der Waals surface area contributed by atoms with Crippen molar-refractivity contribution in [2.75, 3.05) is 55.3 Å². The molecule has 2 aliphatic rings. The van der Waals surface area contributed by atoms with Crippen molar-refractivity contribution in [3.63, 3.8) is 0 Å². The Balaban J connectivity index is 1.26. The van der Waals surface area contributed by atoms with E-state index in [-0.39, 0.29) is 11.6 Å². The summed E-state index contributed by atoms with van der Waals surface area (Å²) in [5.74, 6) is 0.480. The van der Waals surface area contributed by atoms with E-state index in [1.807, 2.05) is 16.7 Å². The third kappa shape index (κ3) is 4.33. The van der Waals surface area contributed by atoms with Gasteiger partial charge < -0.3 is 20.4 Å². The van der Waals surface area contributed by atoms with Crippen LogP contribution in [0.5, 0.6) is 0 Å². The molecule has 8 nitrogen and oxygen atoms in total. The summed E-state index contributed by atoms with van der Waals surface area (Å²) in [5, 5.41) is 7.63. The van der Waals surface area contributed by atoms with E-state index in [9.17, 15) is 4.79 Å². The van der Waals surface area contributed by atoms with Crippen molar-refractivity contribution in [3.8, 4) is 0 Å². The SMILES string of the molecule is CN1CCN(c2ccc(Nc3ncc4ccc(=O)n(C5CNc6ccccc6C5)c4n3)cc2)CC1. The van der Waals surface area contributed by atoms with Gasteiger partial charge in [0, 0.05) is 67.4 Å². The van der Waals surface area contributed by atoms with Crippen molar-refractivity contribution in [3.05, 3.63) is 82.8 Å². The van der Waals surface area contributed by atoms with Gasteiger partial charge in [-0.2, -0.15) is 4.98 Å². The zero-order valence-electron chi connectivity index (χ0n) is 19.8. The molecule has 0 radical (unpaired) electrons. The number of rotatable bonds is 4. The first-order valence-corrected chi connectivity index (χ1v) is 12.1. The molecule has 0 bridgehead atoms. The molecule has 1 unspecified atom stereocenters. The molecule has 1 fully saturated rings. The third-order valence-corrected chi connectivity index (χ3v) is 7.03. The maximum atomic E-state index is 13.0. The van der Waals surface area contributed by atoms with E-state index in [4.69, 9.17) is 4.98 Å². The topological polar surface area (TPSA) is 78.3 Å². The van der Waals surface area contributed by atoms with Gasteiger partial charge in [0.1, 0.15) is 5.65 Å². The number of likely N-dealkylation sites (N-methyl/N-ethyl adjacent to an activating group) is 1. The van der Waals surface area contributed by atoms with Gasteiger partial charge in [-0.1, -0.05) is 18.2 Å². The zero-order valence-corrected chi connectivity index (χ0v) is 19.8. The molecule has 0 saturated carbocycles. The van der Waals surface area contributed by atoms with E-state index in [0.717, 1.165) is 49.4 Å². The highest BCUT2D eigenvalue weighted by Crippen LogP contribution is 2.28. The number of piperazine rings is 1. The Morgan fingerprint density at radius 2 is 1.77 bits per heavy atom. The second-order valence-corrected chi connectivity index (χ2v) is 9.37. The van der Waals surface area contributed by atoms with Crippen LogP contribution in [0.1, 0.15) is 11.6 Å². The van der Waals surface area contributed by atoms with E-state index in [0.29, 0.717) is 18.1 Å². The molecule has 2 aromatic heterocycles. The molecule has 1 atom stereocenters. The number of nitrogens with zero attached hydrogens (tertiary/aromatic N) is 5. The first kappa shape index (κ1) is 21.6. The summed E-state index contributed by atoms with van der Waals surface area (Å²) in [4.78, 5) is 27.0. The molecule has 4 heterocycles. The summed E-state index contributed by atoms with van der Waals surface area (Å²) < 4.78 is 1.81. The molecule has 1 saturated heterocycles. The average molecular weight is 468 g/mol. The van der Waals surface area contributed by atoms with Crippen molar-refractivity contribution in [1.82, 2.24) is 19.4 Å². The molecule has 6 rings (SSSR count). The van der Waals surface area contributed by atoms with Crippen LogP contribution in [-0.4, -0.2) is 59.2 Å². The van der Waals surface area contributed by atoms with Gasteiger partial charge in [0.05, 0.1) is 6.04 Å². The summed E-state index contributed by atoms with van der Waals surface area (Å²) in [5.41, 5.74) is 5.08. The van der Waals surface area contributed by atoms with Gasteiger partial charge in [-0.05, 0) is 55.4 Å². The van der Waals surface area contributed by atoms with Gasteiger partial charge >= 0.3 is 0 Å². The fraction of sp³-hybridized carbons (Fsp3) is 0.296. The number of benzene rings is 2. The largest absolute Gasteiger partial charge is 0.383 e. The fourth-order valence-corrected chi connectivity index (χ4v) is 5.01. The van der Waals surface area contributed by atoms with Crippen LogP contribution in [0.3, 0.4) is 0 Å². The van der Waals surface area contributed by atoms with Crippen LogP contribution in [0.2, 0.25) is 0 Å². The predicted molar refractivity (Wildman–Crippen MR) is 141 cm³/mol. The normalized spacial score (nSPS) is 18.2. The molecule has 2 aromatic carbocycles. The highest BCUT2D eigenvalue weighted by Gasteiger charge is 2.22. The highest BCUT2D eigenvalue weighted by atomic mass is 16.1. The summed E-state index contributed by atoms with van der Waals surface area (Å²) in [6, 6.07) is 20.0. The Kier molecular flexibility index (Phi) is 5.58. The summed E-state index contributed by atoms with van der Waals surface area (Å²) >= 11 is 0. The zero-order chi connectivity index (χ0) is 23.8. The van der Waals surface area contributed by atoms with Crippen molar-refractivity contribution >= 4 is 34.0 Å². The molecular weight excluding hydrogens is 438 g/mol. The minimum atomic E-state index is -0.0511. The first-order valence-electron chi connectivity index (χ1n) is 12.1. The smallest absolute Gasteiger partial charge is 0.252 e. The summed E-state index contributed by atoms with van der Waals surface area (Å²) in [7, 11) is 2.16. The van der Waals surface area contributed by atoms with Crippen LogP contribution in [0, 0.1) is 0 Å². The van der Waals surface area contributed by atoms with Crippen LogP contribution in [0.15, 0.2) is 71.7 Å². The minimum absolute atomic E-state index is 0.0216. The van der Waals surface area contributed by atoms with Gasteiger partial charge in [0.2, 0.25) is 5.95 Å². The number of fused-ring (bicyclic) bond motifs is 2. The Morgan fingerprint density at radius 1 is 0.971 bits per heavy atom. The van der Waals surface area contributed by atoms with E-state index >= 15 is 0 Å². The Labute approximate surface area is 204 Å². The van der Waals surface area contributed by atoms with Crippen molar-refractivity contribution in [2.24, 2.45) is 0 Å². The Morgan fingerprint density at radius 3 is 2.60 bits per heavy atom. The van der Waals surface area contributed by atoms with Crippen molar-refractivity contribution < 1.29 is 0 Å². The van der Waals surface area contributed by atoms with Gasteiger partial charge in [-0.15, -0.1) is 0 Å². The lowest BCUT2D eigenvalue weighted by atomic mass is 9.99. The summed E-state index contributed by atoms with van der Waals surface area (Å²) in [6.45, 7) is 4.91. The van der Waals surface area contributed by atoms with E-state index in [1.165, 1.54) is 11.3 Å². The van der Waals surface area contributed by atoms with E-state index in [2.05, 4.69) is 68.9 Å². The maximum Gasteiger partial charge on any atom is 0.252 e. The van der Waals surface area contributed by atoms with E-state index in [1.54, 1.807) is 18.3 Å². The van der Waals surface area contributed by atoms with Crippen molar-refractivity contribution in [2.45, 2.75) is 12.5 Å². The predicted octanol–water partition coefficient (Wildman–Crippen LogP) is 3.50. The molecule has 0 spiro atoms. The number of para-hydroxylation sites is 1. The fourth-order valence-electron chi connectivity index (χ4n) is 5.01. The number of pyridine rings is 1. The Hall–Kier alpha value is -3.91. The number of anilines is 4. The van der Waals surface area contributed by atoms with Gasteiger partial charge in [-0.25, -0.2) is 4.98 Å². The van der Waals surface area contributed by atoms with Crippen LogP contribution in [0.4, 0.5) is 23.0 Å². The van der Waals surface area contributed by atoms with Crippen LogP contribution in [0.25, 0.3) is 11.0 Å². The van der Waals surface area contributed by atoms with E-state index < -0.39 is 0 Å². The van der Waals surface area contributed by atoms with Crippen molar-refractivity contribution in [1.29, 1.82) is 0 Å². The van der Waals surface area contributed by atoms with Crippen LogP contribution >= 0.6 is 0 Å². The average Bonchev–Trinajstić information content (AvgIpc) is 2.89. The Bertz CT molecular complexity index is 1410. The number of hydrogen-bond donors (Lipinski definition) is 2. The molecule has 0 amide bonds. The second-order valence-electron chi connectivity index (χ2n) is 9.37. The second kappa shape index (κ2) is 9.03. The maximum absolute atomic E-state index is 13.0.